The molecule has 1 unspecified atom stereocenters. The molecule has 12 nitrogen and oxygen atoms in total. The minimum atomic E-state index is -0.843. The Morgan fingerprint density at radius 1 is 0.906 bits per heavy atom. The quantitative estimate of drug-likeness (QED) is 0.0910. The SMILES string of the molecule is CC(C)[C@H](CC(=O)CCCCCN1C(=O)CC(C(C)(C)C)C1=O)C(=O)N[C@@H](CCCNC(N)=O)C(=O)Cc1ccc(COC(=O)C(C)(C)C)cc1.S.S. The molecule has 4 N–H and O–H groups in total. The first-order valence-corrected chi connectivity index (χ1v) is 18.2. The number of hydrogen-bond donors (Lipinski definition) is 3. The lowest BCUT2D eigenvalue weighted by molar-refractivity contribution is -0.154. The van der Waals surface area contributed by atoms with Crippen LogP contribution in [0, 0.1) is 28.6 Å². The maximum Gasteiger partial charge on any atom is 0.312 e. The highest BCUT2D eigenvalue weighted by Gasteiger charge is 2.44. The minimum Gasteiger partial charge on any atom is -0.460 e. The van der Waals surface area contributed by atoms with E-state index in [9.17, 15) is 33.6 Å². The largest absolute Gasteiger partial charge is 0.460 e. The van der Waals surface area contributed by atoms with Crippen molar-refractivity contribution in [2.75, 3.05) is 13.1 Å². The lowest BCUT2D eigenvalue weighted by Gasteiger charge is -2.25. The van der Waals surface area contributed by atoms with Crippen molar-refractivity contribution in [1.82, 2.24) is 15.5 Å². The number of nitrogens with one attached hydrogen (secondary N) is 2. The maximum atomic E-state index is 13.5. The second-order valence-corrected chi connectivity index (χ2v) is 16.2. The fourth-order valence-corrected chi connectivity index (χ4v) is 5.90. The number of benzene rings is 1. The molecule has 0 bridgehead atoms. The van der Waals surface area contributed by atoms with E-state index in [-0.39, 0.29) is 125 Å². The lowest BCUT2D eigenvalue weighted by atomic mass is 9.80. The standard InChI is InChI=1S/C39H60N4O8.2H2S/c1-25(2)29(22-28(44)13-10-9-11-20-43-33(46)23-30(35(43)48)38(3,4)5)34(47)42-31(14-12-19-41-37(40)50)32(45)21-26-15-17-27(18-16-26)24-51-36(49)39(6,7)8;;/h15-18,25,29-31H,9-14,19-24H2,1-8H3,(H,42,47)(H3,40,41,50);2*1H2/t29-,30?,31-;;/m0../s1. The molecule has 1 heterocycles. The first kappa shape index (κ1) is 49.6. The number of likely N-dealkylation sites (tertiary alicyclic amines) is 1. The number of unbranched alkanes of at least 4 members (excludes halogenated alkanes) is 2. The number of carbonyl (C=O) groups is 7. The number of ketones is 2. The molecule has 0 aromatic heterocycles. The Balaban J connectivity index is 0.0000135. The van der Waals surface area contributed by atoms with Gasteiger partial charge in [-0.2, -0.15) is 27.0 Å². The summed E-state index contributed by atoms with van der Waals surface area (Å²) in [4.78, 5) is 89.8. The number of ether oxygens (including phenoxy) is 1. The van der Waals surface area contributed by atoms with E-state index in [1.165, 1.54) is 4.90 Å². The monoisotopic (exact) mass is 780 g/mol. The molecule has 3 atom stereocenters. The second-order valence-electron chi connectivity index (χ2n) is 16.2. The van der Waals surface area contributed by atoms with Crippen molar-refractivity contribution in [2.45, 2.75) is 126 Å². The average molecular weight is 781 g/mol. The highest BCUT2D eigenvalue weighted by atomic mass is 32.1. The second kappa shape index (κ2) is 22.7. The number of carbonyl (C=O) groups excluding carboxylic acids is 7. The summed E-state index contributed by atoms with van der Waals surface area (Å²) in [6, 6.07) is 5.62. The smallest absolute Gasteiger partial charge is 0.312 e. The molecular weight excluding hydrogens is 717 g/mol. The molecule has 300 valence electrons. The van der Waals surface area contributed by atoms with E-state index in [1.807, 2.05) is 34.6 Å². The number of urea groups is 1. The van der Waals surface area contributed by atoms with E-state index >= 15 is 0 Å². The van der Waals surface area contributed by atoms with Crippen LogP contribution < -0.4 is 16.4 Å². The summed E-state index contributed by atoms with van der Waals surface area (Å²) in [5.41, 5.74) is 5.79. The van der Waals surface area contributed by atoms with Crippen LogP contribution in [0.5, 0.6) is 0 Å². The fraction of sp³-hybridized carbons (Fsp3) is 0.667. The first-order chi connectivity index (χ1) is 23.7. The summed E-state index contributed by atoms with van der Waals surface area (Å²) >= 11 is 0. The summed E-state index contributed by atoms with van der Waals surface area (Å²) in [5.74, 6) is -2.34. The molecule has 0 spiro atoms. The summed E-state index contributed by atoms with van der Waals surface area (Å²) in [5, 5.41) is 5.39. The van der Waals surface area contributed by atoms with Crippen LogP contribution >= 0.6 is 27.0 Å². The number of primary amides is 1. The third-order valence-electron chi connectivity index (χ3n) is 9.27. The number of esters is 1. The van der Waals surface area contributed by atoms with Gasteiger partial charge < -0.3 is 21.1 Å². The number of Topliss-reactive ketones (excluding diaryl/α,β-unsaturated/α-hetero) is 2. The summed E-state index contributed by atoms with van der Waals surface area (Å²) in [7, 11) is 0. The molecule has 0 radical (unpaired) electrons. The van der Waals surface area contributed by atoms with Crippen LogP contribution in [0.4, 0.5) is 4.79 Å². The molecule has 1 aliphatic heterocycles. The molecule has 2 rings (SSSR count). The molecule has 53 heavy (non-hydrogen) atoms. The third-order valence-corrected chi connectivity index (χ3v) is 9.27. The number of hydrogen-bond acceptors (Lipinski definition) is 8. The van der Waals surface area contributed by atoms with Crippen molar-refractivity contribution in [1.29, 1.82) is 0 Å². The molecule has 0 saturated carbocycles. The van der Waals surface area contributed by atoms with Crippen molar-refractivity contribution < 1.29 is 38.3 Å². The van der Waals surface area contributed by atoms with Crippen LogP contribution in [0.1, 0.15) is 118 Å². The first-order valence-electron chi connectivity index (χ1n) is 18.2. The number of imide groups is 1. The molecule has 14 heteroatoms. The van der Waals surface area contributed by atoms with Gasteiger partial charge in [0.05, 0.1) is 17.4 Å². The van der Waals surface area contributed by atoms with Gasteiger partial charge in [-0.25, -0.2) is 4.79 Å². The van der Waals surface area contributed by atoms with E-state index < -0.39 is 23.4 Å². The van der Waals surface area contributed by atoms with Crippen molar-refractivity contribution in [3.05, 3.63) is 35.4 Å². The molecule has 5 amide bonds. The molecule has 1 saturated heterocycles. The molecule has 0 aliphatic carbocycles. The fourth-order valence-electron chi connectivity index (χ4n) is 5.90. The molecule has 1 aliphatic rings. The van der Waals surface area contributed by atoms with Crippen LogP contribution in [0.15, 0.2) is 24.3 Å². The van der Waals surface area contributed by atoms with Gasteiger partial charge in [0, 0.05) is 44.7 Å². The van der Waals surface area contributed by atoms with Crippen LogP contribution in [0.2, 0.25) is 0 Å². The zero-order valence-corrected chi connectivity index (χ0v) is 34.9. The van der Waals surface area contributed by atoms with Gasteiger partial charge >= 0.3 is 12.0 Å². The van der Waals surface area contributed by atoms with Gasteiger partial charge in [0.25, 0.3) is 0 Å². The van der Waals surface area contributed by atoms with Crippen molar-refractivity contribution in [3.63, 3.8) is 0 Å². The Bertz CT molecular complexity index is 1400. The normalized spacial score (nSPS) is 15.6. The third kappa shape index (κ3) is 17.1. The molecule has 1 aromatic rings. The number of amides is 5. The number of nitrogens with zero attached hydrogens (tertiary/aromatic N) is 1. The van der Waals surface area contributed by atoms with E-state index in [0.29, 0.717) is 32.2 Å². The Morgan fingerprint density at radius 2 is 1.51 bits per heavy atom. The summed E-state index contributed by atoms with van der Waals surface area (Å²) < 4.78 is 5.37. The Labute approximate surface area is 329 Å². The van der Waals surface area contributed by atoms with E-state index in [4.69, 9.17) is 10.5 Å². The van der Waals surface area contributed by atoms with Gasteiger partial charge in [-0.05, 0) is 68.9 Å². The van der Waals surface area contributed by atoms with Gasteiger partial charge in [-0.3, -0.25) is 33.7 Å². The topological polar surface area (TPSA) is 182 Å². The Kier molecular flexibility index (Phi) is 21.3. The maximum absolute atomic E-state index is 13.5. The van der Waals surface area contributed by atoms with Crippen molar-refractivity contribution in [3.8, 4) is 0 Å². The van der Waals surface area contributed by atoms with Crippen LogP contribution in [-0.2, 0) is 46.5 Å². The van der Waals surface area contributed by atoms with Gasteiger partial charge in [0.1, 0.15) is 12.4 Å². The summed E-state index contributed by atoms with van der Waals surface area (Å²) in [6.45, 7) is 15.6. The lowest BCUT2D eigenvalue weighted by Crippen LogP contribution is -2.46. The van der Waals surface area contributed by atoms with Crippen LogP contribution in [-0.4, -0.2) is 65.3 Å². The van der Waals surface area contributed by atoms with Gasteiger partial charge in [0.15, 0.2) is 5.78 Å². The highest BCUT2D eigenvalue weighted by Crippen LogP contribution is 2.35. The highest BCUT2D eigenvalue weighted by molar-refractivity contribution is 7.59. The zero-order chi connectivity index (χ0) is 38.5. The van der Waals surface area contributed by atoms with Crippen molar-refractivity contribution >= 4 is 68.3 Å². The van der Waals surface area contributed by atoms with E-state index in [2.05, 4.69) is 10.6 Å². The van der Waals surface area contributed by atoms with Crippen LogP contribution in [0.3, 0.4) is 0 Å². The predicted octanol–water partition coefficient (Wildman–Crippen LogP) is 5.26. The van der Waals surface area contributed by atoms with Gasteiger partial charge in [-0.15, -0.1) is 0 Å². The molecular formula is C39H64N4O8S2. The number of rotatable bonds is 20. The zero-order valence-electron chi connectivity index (χ0n) is 32.9. The average Bonchev–Trinajstić information content (AvgIpc) is 3.32. The molecule has 1 aromatic carbocycles. The summed E-state index contributed by atoms with van der Waals surface area (Å²) in [6.07, 6.45) is 3.11. The number of nitrogens with two attached hydrogens (primary N) is 1. The van der Waals surface area contributed by atoms with E-state index in [0.717, 1.165) is 11.1 Å². The Hall–Kier alpha value is -3.39. The van der Waals surface area contributed by atoms with Crippen molar-refractivity contribution in [2.24, 2.45) is 34.3 Å². The van der Waals surface area contributed by atoms with E-state index in [1.54, 1.807) is 45.0 Å². The van der Waals surface area contributed by atoms with Gasteiger partial charge in [-0.1, -0.05) is 65.3 Å². The minimum absolute atomic E-state index is 0. The van der Waals surface area contributed by atoms with Gasteiger partial charge in [0.2, 0.25) is 17.7 Å². The van der Waals surface area contributed by atoms with Crippen LogP contribution in [0.25, 0.3) is 0 Å². The predicted molar refractivity (Wildman–Crippen MR) is 215 cm³/mol. The Morgan fingerprint density at radius 3 is 2.04 bits per heavy atom. The molecule has 1 fully saturated rings.